The normalized spacial score (nSPS) is 15.4. The Morgan fingerprint density at radius 2 is 1.96 bits per heavy atom. The molecular weight excluding hydrogens is 310 g/mol. The monoisotopic (exact) mass is 326 g/mol. The molecule has 2 N–H and O–H groups in total. The van der Waals surface area contributed by atoms with Crippen LogP contribution in [0.5, 0.6) is 0 Å². The number of aromatic amines is 1. The predicted octanol–water partition coefficient (Wildman–Crippen LogP) is 3.91. The van der Waals surface area contributed by atoms with Crippen molar-refractivity contribution < 1.29 is 13.6 Å². The van der Waals surface area contributed by atoms with Crippen LogP contribution in [0.15, 0.2) is 48.7 Å². The van der Waals surface area contributed by atoms with Crippen LogP contribution in [0.25, 0.3) is 10.9 Å². The lowest BCUT2D eigenvalue weighted by Crippen LogP contribution is -2.32. The molecule has 2 aromatic carbocycles. The van der Waals surface area contributed by atoms with Crippen molar-refractivity contribution in [3.8, 4) is 0 Å². The largest absolute Gasteiger partial charge is 0.361 e. The zero-order valence-electron chi connectivity index (χ0n) is 12.9. The van der Waals surface area contributed by atoms with Crippen LogP contribution in [-0.4, -0.2) is 17.4 Å². The third-order valence-corrected chi connectivity index (χ3v) is 4.77. The lowest BCUT2D eigenvalue weighted by molar-refractivity contribution is 0.0945. The van der Waals surface area contributed by atoms with Crippen molar-refractivity contribution in [2.45, 2.75) is 18.3 Å². The van der Waals surface area contributed by atoms with E-state index < -0.39 is 11.7 Å². The average molecular weight is 326 g/mol. The number of rotatable bonds is 4. The van der Waals surface area contributed by atoms with E-state index in [1.807, 2.05) is 6.20 Å². The fourth-order valence-corrected chi connectivity index (χ4v) is 3.21. The van der Waals surface area contributed by atoms with Gasteiger partial charge in [0.05, 0.1) is 5.56 Å². The van der Waals surface area contributed by atoms with Gasteiger partial charge in [-0.15, -0.1) is 0 Å². The maximum atomic E-state index is 13.7. The number of benzene rings is 2. The predicted molar refractivity (Wildman–Crippen MR) is 87.9 cm³/mol. The van der Waals surface area contributed by atoms with Crippen molar-refractivity contribution >= 4 is 16.8 Å². The molecule has 5 heteroatoms. The fraction of sp³-hybridized carbons (Fsp3) is 0.211. The molecule has 0 radical (unpaired) electrons. The number of fused-ring (bicyclic) bond motifs is 1. The van der Waals surface area contributed by atoms with Gasteiger partial charge in [-0.05, 0) is 48.7 Å². The van der Waals surface area contributed by atoms with E-state index in [1.165, 1.54) is 24.3 Å². The molecule has 1 amide bonds. The number of hydrogen-bond acceptors (Lipinski definition) is 1. The maximum Gasteiger partial charge on any atom is 0.254 e. The standard InChI is InChI=1S/C19H16F2N2O/c20-12-5-6-17-14(9-12)15(10-22-17)19(7-8-19)11-23-18(24)13-3-1-2-4-16(13)21/h1-6,9-10,22H,7-8,11H2,(H,23,24). The maximum absolute atomic E-state index is 13.7. The van der Waals surface area contributed by atoms with Gasteiger partial charge in [-0.25, -0.2) is 8.78 Å². The Balaban J connectivity index is 1.57. The number of carbonyl (C=O) groups excluding carboxylic acids is 1. The number of aromatic nitrogens is 1. The van der Waals surface area contributed by atoms with Crippen LogP contribution in [0.1, 0.15) is 28.8 Å². The highest BCUT2D eigenvalue weighted by atomic mass is 19.1. The first kappa shape index (κ1) is 14.9. The second kappa shape index (κ2) is 5.44. The molecule has 1 aliphatic carbocycles. The van der Waals surface area contributed by atoms with Gasteiger partial charge in [-0.2, -0.15) is 0 Å². The minimum Gasteiger partial charge on any atom is -0.361 e. The SMILES string of the molecule is O=C(NCC1(c2c[nH]c3ccc(F)cc23)CC1)c1ccccc1F. The van der Waals surface area contributed by atoms with Crippen molar-refractivity contribution in [1.29, 1.82) is 0 Å². The van der Waals surface area contributed by atoms with Crippen molar-refractivity contribution in [2.24, 2.45) is 0 Å². The van der Waals surface area contributed by atoms with Gasteiger partial charge in [0.25, 0.3) is 5.91 Å². The van der Waals surface area contributed by atoms with Crippen molar-refractivity contribution in [3.05, 3.63) is 71.4 Å². The van der Waals surface area contributed by atoms with E-state index in [2.05, 4.69) is 10.3 Å². The highest BCUT2D eigenvalue weighted by molar-refractivity contribution is 5.94. The second-order valence-corrected chi connectivity index (χ2v) is 6.34. The zero-order valence-corrected chi connectivity index (χ0v) is 12.9. The summed E-state index contributed by atoms with van der Waals surface area (Å²) >= 11 is 0. The van der Waals surface area contributed by atoms with Crippen LogP contribution < -0.4 is 5.32 Å². The molecular formula is C19H16F2N2O. The van der Waals surface area contributed by atoms with Crippen LogP contribution >= 0.6 is 0 Å². The van der Waals surface area contributed by atoms with E-state index in [9.17, 15) is 13.6 Å². The number of hydrogen-bond donors (Lipinski definition) is 2. The zero-order chi connectivity index (χ0) is 16.7. The first-order valence-corrected chi connectivity index (χ1v) is 7.89. The Morgan fingerprint density at radius 1 is 1.17 bits per heavy atom. The first-order valence-electron chi connectivity index (χ1n) is 7.89. The molecule has 3 nitrogen and oxygen atoms in total. The van der Waals surface area contributed by atoms with Gasteiger partial charge in [0, 0.05) is 29.1 Å². The minimum absolute atomic E-state index is 0.0401. The summed E-state index contributed by atoms with van der Waals surface area (Å²) in [5, 5.41) is 3.66. The first-order chi connectivity index (χ1) is 11.6. The summed E-state index contributed by atoms with van der Waals surface area (Å²) in [5.41, 5.74) is 1.72. The van der Waals surface area contributed by atoms with Crippen molar-refractivity contribution in [2.75, 3.05) is 6.54 Å². The fourth-order valence-electron chi connectivity index (χ4n) is 3.21. The van der Waals surface area contributed by atoms with E-state index in [4.69, 9.17) is 0 Å². The lowest BCUT2D eigenvalue weighted by Gasteiger charge is -2.16. The number of H-pyrrole nitrogens is 1. The van der Waals surface area contributed by atoms with Crippen molar-refractivity contribution in [1.82, 2.24) is 10.3 Å². The summed E-state index contributed by atoms with van der Waals surface area (Å²) in [6.45, 7) is 0.406. The third kappa shape index (κ3) is 2.46. The van der Waals surface area contributed by atoms with Crippen LogP contribution in [-0.2, 0) is 5.41 Å². The summed E-state index contributed by atoms with van der Waals surface area (Å²) in [5.74, 6) is -1.24. The van der Waals surface area contributed by atoms with Crippen LogP contribution in [0.4, 0.5) is 8.78 Å². The van der Waals surface area contributed by atoms with Gasteiger partial charge in [-0.1, -0.05) is 12.1 Å². The van der Waals surface area contributed by atoms with Crippen LogP contribution in [0, 0.1) is 11.6 Å². The molecule has 24 heavy (non-hydrogen) atoms. The minimum atomic E-state index is -0.533. The molecule has 4 rings (SSSR count). The Hall–Kier alpha value is -2.69. The van der Waals surface area contributed by atoms with Gasteiger partial charge in [-0.3, -0.25) is 4.79 Å². The summed E-state index contributed by atoms with van der Waals surface area (Å²) < 4.78 is 27.3. The highest BCUT2D eigenvalue weighted by Gasteiger charge is 2.46. The molecule has 0 bridgehead atoms. The number of halogens is 2. The number of amides is 1. The molecule has 3 aromatic rings. The van der Waals surface area contributed by atoms with E-state index in [-0.39, 0.29) is 16.8 Å². The van der Waals surface area contributed by atoms with Gasteiger partial charge in [0.2, 0.25) is 0 Å². The Kier molecular flexibility index (Phi) is 3.37. The van der Waals surface area contributed by atoms with Gasteiger partial charge < -0.3 is 10.3 Å². The average Bonchev–Trinajstić information content (AvgIpc) is 3.25. The molecule has 122 valence electrons. The van der Waals surface area contributed by atoms with E-state index >= 15 is 0 Å². The Morgan fingerprint density at radius 3 is 2.71 bits per heavy atom. The molecule has 1 saturated carbocycles. The van der Waals surface area contributed by atoms with E-state index in [1.54, 1.807) is 18.2 Å². The lowest BCUT2D eigenvalue weighted by atomic mass is 9.95. The molecule has 0 atom stereocenters. The molecule has 0 spiro atoms. The molecule has 1 aliphatic rings. The highest BCUT2D eigenvalue weighted by Crippen LogP contribution is 2.50. The molecule has 1 heterocycles. The number of nitrogens with one attached hydrogen (secondary N) is 2. The Labute approximate surface area is 137 Å². The van der Waals surface area contributed by atoms with E-state index in [0.717, 1.165) is 29.3 Å². The molecule has 0 unspecified atom stereocenters. The molecule has 0 aliphatic heterocycles. The van der Waals surface area contributed by atoms with Gasteiger partial charge in [0.15, 0.2) is 0 Å². The van der Waals surface area contributed by atoms with Gasteiger partial charge in [0.1, 0.15) is 11.6 Å². The summed E-state index contributed by atoms with van der Waals surface area (Å²) in [4.78, 5) is 15.4. The quantitative estimate of drug-likeness (QED) is 0.750. The van der Waals surface area contributed by atoms with Gasteiger partial charge >= 0.3 is 0 Å². The molecule has 1 aromatic heterocycles. The smallest absolute Gasteiger partial charge is 0.254 e. The van der Waals surface area contributed by atoms with Crippen LogP contribution in [0.3, 0.4) is 0 Å². The summed E-state index contributed by atoms with van der Waals surface area (Å²) in [7, 11) is 0. The second-order valence-electron chi connectivity index (χ2n) is 6.34. The van der Waals surface area contributed by atoms with E-state index in [0.29, 0.717) is 6.54 Å². The molecule has 0 saturated heterocycles. The Bertz CT molecular complexity index is 928. The summed E-state index contributed by atoms with van der Waals surface area (Å²) in [6.07, 6.45) is 3.70. The summed E-state index contributed by atoms with van der Waals surface area (Å²) in [6, 6.07) is 10.6. The van der Waals surface area contributed by atoms with Crippen LogP contribution in [0.2, 0.25) is 0 Å². The topological polar surface area (TPSA) is 44.9 Å². The molecule has 1 fully saturated rings. The third-order valence-electron chi connectivity index (χ3n) is 4.77. The number of carbonyl (C=O) groups is 1. The van der Waals surface area contributed by atoms with Crippen molar-refractivity contribution in [3.63, 3.8) is 0 Å².